The number of carboxylic acid groups (broad SMARTS) is 1. The van der Waals surface area contributed by atoms with E-state index in [1.165, 1.54) is 6.07 Å². The van der Waals surface area contributed by atoms with E-state index < -0.39 is 76.6 Å². The monoisotopic (exact) mass is 840 g/mol. The lowest BCUT2D eigenvalue weighted by atomic mass is 9.51. The number of ketones is 1. The number of aliphatic hydroxyl groups is 2. The summed E-state index contributed by atoms with van der Waals surface area (Å²) < 4.78 is 19.3. The normalized spacial score (nSPS) is 40.5. The SMILES string of the molecule is CC[C@H]1C[C@]23OC(=O)C(=C(O)[C@@]4(CC)[C@@H]5CC[C@@H](C)[C@@H](O[C@H]6C[C@H](O)[C@H](NC(=O)c7[nH]c(Cl)cc7Cl)[C@@H](C)O6)[C@H]5C=C[C@H]4C/C=C/CC=C[C@@]2(C)C=C1C(=O)O)C3=O. The van der Waals surface area contributed by atoms with E-state index in [2.05, 4.69) is 35.5 Å². The molecule has 0 unspecified atom stereocenters. The largest absolute Gasteiger partial charge is 0.511 e. The van der Waals surface area contributed by atoms with Crippen molar-refractivity contribution in [3.05, 3.63) is 81.4 Å². The number of esters is 1. The maximum atomic E-state index is 15.0. The fourth-order valence-corrected chi connectivity index (χ4v) is 11.5. The second-order valence-electron chi connectivity index (χ2n) is 17.2. The van der Waals surface area contributed by atoms with Crippen molar-refractivity contribution in [2.75, 3.05) is 0 Å². The van der Waals surface area contributed by atoms with Gasteiger partial charge in [0, 0.05) is 29.7 Å². The first-order chi connectivity index (χ1) is 27.5. The Morgan fingerprint density at radius 2 is 1.86 bits per heavy atom. The number of H-pyrrole nitrogens is 1. The number of rotatable bonds is 7. The molecule has 2 saturated heterocycles. The third-order valence-electron chi connectivity index (χ3n) is 14.2. The van der Waals surface area contributed by atoms with E-state index in [0.29, 0.717) is 32.1 Å². The molecule has 1 spiro atoms. The Labute approximate surface area is 348 Å². The molecule has 6 aliphatic rings. The first kappa shape index (κ1) is 42.4. The van der Waals surface area contributed by atoms with Crippen molar-refractivity contribution in [1.82, 2.24) is 10.3 Å². The van der Waals surface area contributed by atoms with E-state index >= 15 is 4.79 Å². The maximum absolute atomic E-state index is 15.0. The number of amides is 1. The average molecular weight is 842 g/mol. The summed E-state index contributed by atoms with van der Waals surface area (Å²) in [5, 5.41) is 37.4. The van der Waals surface area contributed by atoms with Gasteiger partial charge in [0.25, 0.3) is 5.91 Å². The van der Waals surface area contributed by atoms with E-state index in [4.69, 9.17) is 37.4 Å². The van der Waals surface area contributed by atoms with Gasteiger partial charge in [-0.2, -0.15) is 0 Å². The second kappa shape index (κ2) is 16.1. The Bertz CT molecular complexity index is 1990. The summed E-state index contributed by atoms with van der Waals surface area (Å²) >= 11 is 12.2. The van der Waals surface area contributed by atoms with Gasteiger partial charge < -0.3 is 39.8 Å². The predicted molar refractivity (Wildman–Crippen MR) is 216 cm³/mol. The van der Waals surface area contributed by atoms with Crippen LogP contribution >= 0.6 is 23.2 Å². The first-order valence-corrected chi connectivity index (χ1v) is 21.3. The van der Waals surface area contributed by atoms with Crippen LogP contribution in [0.15, 0.2) is 65.5 Å². The third-order valence-corrected chi connectivity index (χ3v) is 14.7. The van der Waals surface area contributed by atoms with Gasteiger partial charge in [0.2, 0.25) is 5.78 Å². The summed E-state index contributed by atoms with van der Waals surface area (Å²) in [4.78, 5) is 57.4. The number of aromatic amines is 1. The van der Waals surface area contributed by atoms with Crippen LogP contribution in [0.2, 0.25) is 10.2 Å². The fraction of sp³-hybridized carbons (Fsp3) is 0.591. The quantitative estimate of drug-likeness (QED) is 0.104. The molecule has 0 aromatic carbocycles. The number of hydrogen-bond donors (Lipinski definition) is 5. The van der Waals surface area contributed by atoms with Crippen LogP contribution in [0.3, 0.4) is 0 Å². The summed E-state index contributed by atoms with van der Waals surface area (Å²) in [5.74, 6) is -4.71. The lowest BCUT2D eigenvalue weighted by Crippen LogP contribution is -2.58. The zero-order chi connectivity index (χ0) is 41.9. The predicted octanol–water partition coefficient (Wildman–Crippen LogP) is 7.58. The Kier molecular flexibility index (Phi) is 11.8. The van der Waals surface area contributed by atoms with Crippen LogP contribution in [0, 0.1) is 40.4 Å². The molecule has 4 aliphatic carbocycles. The first-order valence-electron chi connectivity index (χ1n) is 20.5. The standard InChI is InChI=1S/C44H54Cl2N2O10/c1-6-24-20-44-38(51)33(41(55)58-44)37(50)43(7-2)25(12-10-8-9-11-17-42(44,5)21-27(24)40(53)54)14-15-26-28(43)16-13-22(3)36(26)57-32-19-30(49)34(23(4)56-32)48-39(52)35-29(45)18-31(46)47-35/h8,10-11,14-15,17-18,21-26,28,30,32,34,36,47,49-50H,6-7,9,12-13,16,19-20H2,1-5H3,(H,48,52)(H,53,54)/b10-8+,17-11?,37-33?/t22-,23-,24+,25-,26+,28-,30+,32+,34-,36-,42+,43-,44-/m1/s1. The van der Waals surface area contributed by atoms with E-state index in [9.17, 15) is 29.7 Å². The minimum absolute atomic E-state index is 0.0220. The van der Waals surface area contributed by atoms with Gasteiger partial charge in [-0.1, -0.05) is 86.5 Å². The summed E-state index contributed by atoms with van der Waals surface area (Å²) in [6.45, 7) is 9.40. The molecule has 314 valence electrons. The van der Waals surface area contributed by atoms with Crippen LogP contribution in [0.5, 0.6) is 0 Å². The number of aliphatic carboxylic acids is 1. The number of Topliss-reactive ketones (excluding diaryl/α,β-unsaturated/α-hetero) is 1. The van der Waals surface area contributed by atoms with Crippen molar-refractivity contribution in [1.29, 1.82) is 0 Å². The molecule has 7 rings (SSSR count). The van der Waals surface area contributed by atoms with E-state index in [1.54, 1.807) is 26.0 Å². The highest BCUT2D eigenvalue weighted by Gasteiger charge is 2.67. The smallest absolute Gasteiger partial charge is 0.346 e. The van der Waals surface area contributed by atoms with Crippen molar-refractivity contribution >= 4 is 46.8 Å². The Hall–Kier alpha value is -3.68. The van der Waals surface area contributed by atoms with Crippen LogP contribution in [-0.4, -0.2) is 80.2 Å². The Balaban J connectivity index is 1.22. The molecule has 13 atom stereocenters. The molecule has 3 fully saturated rings. The number of hydrogen-bond acceptors (Lipinski definition) is 9. The minimum atomic E-state index is -1.74. The molecule has 1 aromatic rings. The number of aromatic nitrogens is 1. The molecule has 14 heteroatoms. The number of fused-ring (bicyclic) bond motifs is 4. The number of nitrogens with one attached hydrogen (secondary N) is 2. The minimum Gasteiger partial charge on any atom is -0.511 e. The van der Waals surface area contributed by atoms with Gasteiger partial charge in [-0.15, -0.1) is 0 Å². The van der Waals surface area contributed by atoms with Gasteiger partial charge in [0.15, 0.2) is 11.9 Å². The third kappa shape index (κ3) is 6.90. The molecule has 58 heavy (non-hydrogen) atoms. The number of aliphatic hydroxyl groups excluding tert-OH is 2. The highest BCUT2D eigenvalue weighted by Crippen LogP contribution is 2.61. The Morgan fingerprint density at radius 1 is 1.10 bits per heavy atom. The molecule has 2 aliphatic heterocycles. The van der Waals surface area contributed by atoms with Gasteiger partial charge in [-0.05, 0) is 82.1 Å². The number of ether oxygens (including phenoxy) is 3. The molecule has 1 saturated carbocycles. The summed E-state index contributed by atoms with van der Waals surface area (Å²) in [6.07, 6.45) is 14.0. The van der Waals surface area contributed by atoms with Crippen LogP contribution < -0.4 is 5.32 Å². The van der Waals surface area contributed by atoms with Gasteiger partial charge in [-0.25, -0.2) is 9.59 Å². The van der Waals surface area contributed by atoms with Gasteiger partial charge in [0.1, 0.15) is 22.2 Å². The highest BCUT2D eigenvalue weighted by atomic mass is 35.5. The van der Waals surface area contributed by atoms with Crippen LogP contribution in [0.1, 0.15) is 96.5 Å². The van der Waals surface area contributed by atoms with E-state index in [-0.39, 0.29) is 69.3 Å². The number of carboxylic acids is 1. The van der Waals surface area contributed by atoms with Gasteiger partial charge in [0.05, 0.1) is 34.8 Å². The molecule has 1 aromatic heterocycles. The molecule has 0 radical (unpaired) electrons. The molecular formula is C44H54Cl2N2O10. The zero-order valence-electron chi connectivity index (χ0n) is 33.5. The van der Waals surface area contributed by atoms with Crippen molar-refractivity contribution < 1.29 is 48.7 Å². The number of halogens is 2. The van der Waals surface area contributed by atoms with Crippen LogP contribution in [0.4, 0.5) is 0 Å². The Morgan fingerprint density at radius 3 is 2.52 bits per heavy atom. The van der Waals surface area contributed by atoms with Crippen molar-refractivity contribution in [2.24, 2.45) is 40.4 Å². The molecule has 5 N–H and O–H groups in total. The van der Waals surface area contributed by atoms with E-state index in [1.807, 2.05) is 26.0 Å². The summed E-state index contributed by atoms with van der Waals surface area (Å²) in [6, 6.07) is 0.665. The molecule has 12 nitrogen and oxygen atoms in total. The lowest BCUT2D eigenvalue weighted by molar-refractivity contribution is -0.258. The average Bonchev–Trinajstić information content (AvgIpc) is 3.65. The lowest BCUT2D eigenvalue weighted by Gasteiger charge is -2.55. The maximum Gasteiger partial charge on any atom is 0.346 e. The molecule has 3 heterocycles. The molecule has 2 bridgehead atoms. The highest BCUT2D eigenvalue weighted by molar-refractivity contribution is 6.36. The van der Waals surface area contributed by atoms with Gasteiger partial charge >= 0.3 is 11.9 Å². The second-order valence-corrected chi connectivity index (χ2v) is 18.1. The van der Waals surface area contributed by atoms with E-state index in [0.717, 1.165) is 6.42 Å². The number of carbonyl (C=O) groups excluding carboxylic acids is 3. The fourth-order valence-electron chi connectivity index (χ4n) is 11.0. The number of allylic oxidation sites excluding steroid dienone is 5. The van der Waals surface area contributed by atoms with Crippen molar-refractivity contribution in [3.63, 3.8) is 0 Å². The zero-order valence-corrected chi connectivity index (χ0v) is 35.0. The molecule has 1 amide bonds. The summed E-state index contributed by atoms with van der Waals surface area (Å²) in [5.41, 5.74) is -4.19. The van der Waals surface area contributed by atoms with Crippen molar-refractivity contribution in [3.8, 4) is 0 Å². The van der Waals surface area contributed by atoms with Crippen molar-refractivity contribution in [2.45, 2.75) is 122 Å². The van der Waals surface area contributed by atoms with Gasteiger partial charge in [-0.3, -0.25) is 9.59 Å². The van der Waals surface area contributed by atoms with Crippen LogP contribution in [-0.2, 0) is 28.6 Å². The summed E-state index contributed by atoms with van der Waals surface area (Å²) in [7, 11) is 0. The van der Waals surface area contributed by atoms with Crippen LogP contribution in [0.25, 0.3) is 0 Å². The molecular weight excluding hydrogens is 787 g/mol. The number of carbonyl (C=O) groups is 4. The topological polar surface area (TPSA) is 184 Å².